The number of rotatable bonds is 2. The zero-order valence-electron chi connectivity index (χ0n) is 12.1. The van der Waals surface area contributed by atoms with Crippen molar-refractivity contribution in [1.82, 2.24) is 14.7 Å². The van der Waals surface area contributed by atoms with E-state index in [1.807, 2.05) is 16.7 Å². The Labute approximate surface area is 123 Å². The molecule has 2 aromatic heterocycles. The molecule has 0 amide bonds. The number of carbonyl (C=O) groups is 1. The number of esters is 1. The number of imidazole rings is 1. The molecular formula is C15H20N4O2. The minimum atomic E-state index is -0.425. The third-order valence-corrected chi connectivity index (χ3v) is 3.99. The van der Waals surface area contributed by atoms with E-state index in [0.29, 0.717) is 22.8 Å². The highest BCUT2D eigenvalue weighted by Crippen LogP contribution is 2.26. The molecule has 0 spiro atoms. The van der Waals surface area contributed by atoms with Gasteiger partial charge in [0.1, 0.15) is 5.82 Å². The summed E-state index contributed by atoms with van der Waals surface area (Å²) in [5.41, 5.74) is 7.50. The van der Waals surface area contributed by atoms with Crippen molar-refractivity contribution in [3.05, 3.63) is 29.8 Å². The van der Waals surface area contributed by atoms with Gasteiger partial charge >= 0.3 is 5.97 Å². The van der Waals surface area contributed by atoms with Crippen LogP contribution in [0.3, 0.4) is 0 Å². The summed E-state index contributed by atoms with van der Waals surface area (Å²) < 4.78 is 6.80. The first-order valence-electron chi connectivity index (χ1n) is 7.27. The summed E-state index contributed by atoms with van der Waals surface area (Å²) in [5, 5.41) is 3.43. The van der Waals surface area contributed by atoms with E-state index in [9.17, 15) is 4.79 Å². The van der Waals surface area contributed by atoms with E-state index in [1.54, 1.807) is 6.07 Å². The number of aromatic nitrogens is 2. The van der Waals surface area contributed by atoms with Crippen molar-refractivity contribution in [3.8, 4) is 0 Å². The molecule has 1 unspecified atom stereocenters. The number of fused-ring (bicyclic) bond motifs is 1. The van der Waals surface area contributed by atoms with Crippen LogP contribution in [0.5, 0.6) is 0 Å². The molecule has 0 radical (unpaired) electrons. The van der Waals surface area contributed by atoms with Gasteiger partial charge in [-0.05, 0) is 31.5 Å². The number of hydrogen-bond donors (Lipinski definition) is 2. The lowest BCUT2D eigenvalue weighted by Crippen LogP contribution is -2.20. The van der Waals surface area contributed by atoms with Gasteiger partial charge in [0.25, 0.3) is 0 Å². The van der Waals surface area contributed by atoms with Gasteiger partial charge in [-0.2, -0.15) is 0 Å². The topological polar surface area (TPSA) is 81.6 Å². The third-order valence-electron chi connectivity index (χ3n) is 3.99. The van der Waals surface area contributed by atoms with Crippen LogP contribution in [0.1, 0.15) is 41.5 Å². The Morgan fingerprint density at radius 2 is 2.38 bits per heavy atom. The molecule has 1 saturated heterocycles. The van der Waals surface area contributed by atoms with Crippen LogP contribution in [0, 0.1) is 0 Å². The lowest BCUT2D eigenvalue weighted by molar-refractivity contribution is 0.0596. The molecule has 3 rings (SSSR count). The van der Waals surface area contributed by atoms with Crippen molar-refractivity contribution >= 4 is 17.2 Å². The largest absolute Gasteiger partial charge is 0.464 e. The van der Waals surface area contributed by atoms with Crippen molar-refractivity contribution in [1.29, 1.82) is 0 Å². The second-order valence-corrected chi connectivity index (χ2v) is 5.42. The molecule has 0 bridgehead atoms. The van der Waals surface area contributed by atoms with E-state index in [-0.39, 0.29) is 0 Å². The lowest BCUT2D eigenvalue weighted by Gasteiger charge is -2.13. The fraction of sp³-hybridized carbons (Fsp3) is 0.467. The van der Waals surface area contributed by atoms with Crippen LogP contribution in [0.25, 0.3) is 5.52 Å². The number of nitrogens with two attached hydrogens (primary N) is 1. The minimum absolute atomic E-state index is 0.294. The maximum Gasteiger partial charge on any atom is 0.358 e. The van der Waals surface area contributed by atoms with Gasteiger partial charge in [0.2, 0.25) is 0 Å². The molecule has 1 aliphatic rings. The highest BCUT2D eigenvalue weighted by Gasteiger charge is 2.24. The number of methoxy groups -OCH3 is 1. The fourth-order valence-electron chi connectivity index (χ4n) is 2.90. The molecule has 3 N–H and O–H groups in total. The molecule has 6 heteroatoms. The van der Waals surface area contributed by atoms with Gasteiger partial charge in [-0.1, -0.05) is 6.42 Å². The van der Waals surface area contributed by atoms with Crippen molar-refractivity contribution in [2.24, 2.45) is 0 Å². The van der Waals surface area contributed by atoms with Gasteiger partial charge in [0.15, 0.2) is 5.69 Å². The number of nitrogen functional groups attached to an aromatic ring is 1. The average Bonchev–Trinajstić information content (AvgIpc) is 2.68. The fourth-order valence-corrected chi connectivity index (χ4v) is 2.90. The molecule has 0 saturated carbocycles. The highest BCUT2D eigenvalue weighted by molar-refractivity contribution is 5.95. The minimum Gasteiger partial charge on any atom is -0.464 e. The molecular weight excluding hydrogens is 268 g/mol. The van der Waals surface area contributed by atoms with Gasteiger partial charge in [-0.3, -0.25) is 0 Å². The first kappa shape index (κ1) is 13.9. The van der Waals surface area contributed by atoms with Crippen LogP contribution in [-0.2, 0) is 4.74 Å². The number of ether oxygens (including phenoxy) is 1. The van der Waals surface area contributed by atoms with E-state index < -0.39 is 5.97 Å². The number of hydrogen-bond acceptors (Lipinski definition) is 5. The molecule has 1 atom stereocenters. The average molecular weight is 288 g/mol. The van der Waals surface area contributed by atoms with Crippen LogP contribution in [0.2, 0.25) is 0 Å². The van der Waals surface area contributed by atoms with Crippen LogP contribution >= 0.6 is 0 Å². The Balaban J connectivity index is 2.11. The number of anilines is 1. The molecule has 0 aliphatic carbocycles. The summed E-state index contributed by atoms with van der Waals surface area (Å²) in [6.45, 7) is 1.92. The highest BCUT2D eigenvalue weighted by atomic mass is 16.5. The number of pyridine rings is 1. The summed E-state index contributed by atoms with van der Waals surface area (Å²) >= 11 is 0. The molecule has 21 heavy (non-hydrogen) atoms. The standard InChI is InChI=1S/C15H20N4O2/c1-21-15(20)13-12-8-11(16)5-7-19(12)14(18-13)10-4-2-3-6-17-9-10/h5,7-8,10,17H,2-4,6,9,16H2,1H3. The molecule has 2 aromatic rings. The van der Waals surface area contributed by atoms with E-state index in [1.165, 1.54) is 13.5 Å². The Hall–Kier alpha value is -2.08. The van der Waals surface area contributed by atoms with Crippen molar-refractivity contribution in [2.45, 2.75) is 25.2 Å². The second kappa shape index (κ2) is 5.73. The maximum absolute atomic E-state index is 11.9. The van der Waals surface area contributed by atoms with Crippen LogP contribution < -0.4 is 11.1 Å². The quantitative estimate of drug-likeness (QED) is 0.820. The predicted molar refractivity (Wildman–Crippen MR) is 80.4 cm³/mol. The molecule has 6 nitrogen and oxygen atoms in total. The smallest absolute Gasteiger partial charge is 0.358 e. The Bertz CT molecular complexity index is 657. The molecule has 1 aliphatic heterocycles. The Kier molecular flexibility index (Phi) is 3.79. The normalized spacial score (nSPS) is 19.4. The van der Waals surface area contributed by atoms with Crippen LogP contribution in [0.4, 0.5) is 5.69 Å². The van der Waals surface area contributed by atoms with Gasteiger partial charge in [-0.15, -0.1) is 0 Å². The lowest BCUT2D eigenvalue weighted by atomic mass is 10.0. The zero-order chi connectivity index (χ0) is 14.8. The third kappa shape index (κ3) is 2.58. The van der Waals surface area contributed by atoms with Gasteiger partial charge in [0.05, 0.1) is 12.6 Å². The van der Waals surface area contributed by atoms with Crippen LogP contribution in [-0.4, -0.2) is 35.6 Å². The first-order valence-corrected chi connectivity index (χ1v) is 7.27. The summed E-state index contributed by atoms with van der Waals surface area (Å²) in [7, 11) is 1.37. The second-order valence-electron chi connectivity index (χ2n) is 5.42. The number of nitrogens with zero attached hydrogens (tertiary/aromatic N) is 2. The maximum atomic E-state index is 11.9. The van der Waals surface area contributed by atoms with Crippen molar-refractivity contribution in [3.63, 3.8) is 0 Å². The molecule has 112 valence electrons. The van der Waals surface area contributed by atoms with E-state index in [0.717, 1.165) is 31.8 Å². The van der Waals surface area contributed by atoms with Gasteiger partial charge < -0.3 is 20.2 Å². The summed E-state index contributed by atoms with van der Waals surface area (Å²) in [6.07, 6.45) is 5.28. The van der Waals surface area contributed by atoms with E-state index in [2.05, 4.69) is 10.3 Å². The van der Waals surface area contributed by atoms with Crippen molar-refractivity contribution in [2.75, 3.05) is 25.9 Å². The van der Waals surface area contributed by atoms with E-state index >= 15 is 0 Å². The molecule has 3 heterocycles. The van der Waals surface area contributed by atoms with Gasteiger partial charge in [0, 0.05) is 24.3 Å². The van der Waals surface area contributed by atoms with Gasteiger partial charge in [-0.25, -0.2) is 9.78 Å². The first-order chi connectivity index (χ1) is 10.2. The Morgan fingerprint density at radius 3 is 3.19 bits per heavy atom. The predicted octanol–water partition coefficient (Wildman–Crippen LogP) is 1.56. The zero-order valence-corrected chi connectivity index (χ0v) is 12.1. The van der Waals surface area contributed by atoms with E-state index in [4.69, 9.17) is 10.5 Å². The monoisotopic (exact) mass is 288 g/mol. The molecule has 0 aromatic carbocycles. The summed E-state index contributed by atoms with van der Waals surface area (Å²) in [5.74, 6) is 0.771. The van der Waals surface area contributed by atoms with Crippen molar-refractivity contribution < 1.29 is 9.53 Å². The summed E-state index contributed by atoms with van der Waals surface area (Å²) in [6, 6.07) is 3.59. The number of carbonyl (C=O) groups excluding carboxylic acids is 1. The SMILES string of the molecule is COC(=O)c1nc(C2CCCCNC2)n2ccc(N)cc12. The Morgan fingerprint density at radius 1 is 1.52 bits per heavy atom. The summed E-state index contributed by atoms with van der Waals surface area (Å²) in [4.78, 5) is 16.5. The number of nitrogens with one attached hydrogen (secondary N) is 1. The molecule has 1 fully saturated rings. The van der Waals surface area contributed by atoms with Crippen LogP contribution in [0.15, 0.2) is 18.3 Å².